The molecule has 3 nitrogen and oxygen atoms in total. The van der Waals surface area contributed by atoms with Gasteiger partial charge >= 0.3 is 0 Å². The lowest BCUT2D eigenvalue weighted by atomic mass is 10.6. The van der Waals surface area contributed by atoms with E-state index in [0.29, 0.717) is 6.54 Å². The van der Waals surface area contributed by atoms with E-state index in [9.17, 15) is 0 Å². The molecule has 0 bridgehead atoms. The van der Waals surface area contributed by atoms with E-state index in [1.54, 1.807) is 24.5 Å². The van der Waals surface area contributed by atoms with Crippen LogP contribution in [-0.4, -0.2) is 36.5 Å². The molecule has 0 spiro atoms. The van der Waals surface area contributed by atoms with E-state index in [1.165, 1.54) is 0 Å². The minimum Gasteiger partial charge on any atom is -0.395 e. The van der Waals surface area contributed by atoms with E-state index in [2.05, 4.69) is 11.6 Å². The van der Waals surface area contributed by atoms with Crippen LogP contribution in [0.1, 0.15) is 13.8 Å². The Bertz CT molecular complexity index is 102. The van der Waals surface area contributed by atoms with Crippen molar-refractivity contribution in [3.05, 3.63) is 12.8 Å². The fraction of sp³-hybridized carbons (Fsp3) is 0.625. The first-order valence-corrected chi connectivity index (χ1v) is 3.76. The van der Waals surface area contributed by atoms with Crippen LogP contribution in [0.15, 0.2) is 17.8 Å². The summed E-state index contributed by atoms with van der Waals surface area (Å²) in [6.45, 7) is 8.20. The van der Waals surface area contributed by atoms with Crippen molar-refractivity contribution in [3.63, 3.8) is 0 Å². The molecule has 0 atom stereocenters. The summed E-state index contributed by atoms with van der Waals surface area (Å²) in [5, 5.41) is 8.44. The van der Waals surface area contributed by atoms with Gasteiger partial charge in [0.15, 0.2) is 0 Å². The zero-order chi connectivity index (χ0) is 9.11. The van der Waals surface area contributed by atoms with Gasteiger partial charge in [0, 0.05) is 13.6 Å². The first-order chi connectivity index (χ1) is 5.35. The van der Waals surface area contributed by atoms with E-state index >= 15 is 0 Å². The molecule has 3 heteroatoms. The summed E-state index contributed by atoms with van der Waals surface area (Å²) >= 11 is 0. The molecule has 0 rings (SSSR count). The van der Waals surface area contributed by atoms with Crippen molar-refractivity contribution in [2.45, 2.75) is 13.8 Å². The fourth-order valence-electron chi connectivity index (χ4n) is 0.460. The van der Waals surface area contributed by atoms with Gasteiger partial charge in [0.25, 0.3) is 0 Å². The molecule has 0 aromatic rings. The highest BCUT2D eigenvalue weighted by molar-refractivity contribution is 5.55. The van der Waals surface area contributed by atoms with Gasteiger partial charge in [-0.15, -0.1) is 0 Å². The molecule has 0 radical (unpaired) electrons. The molecular weight excluding hydrogens is 140 g/mol. The minimum atomic E-state index is 0.123. The van der Waals surface area contributed by atoms with Crippen molar-refractivity contribution >= 4 is 6.34 Å². The van der Waals surface area contributed by atoms with Gasteiger partial charge < -0.3 is 10.0 Å². The van der Waals surface area contributed by atoms with E-state index in [1.807, 2.05) is 13.8 Å². The molecule has 66 valence electrons. The highest BCUT2D eigenvalue weighted by Gasteiger charge is 1.88. The number of aliphatic imine (C=N–C) groups is 1. The van der Waals surface area contributed by atoms with Crippen molar-refractivity contribution in [3.8, 4) is 0 Å². The second-order valence-electron chi connectivity index (χ2n) is 1.52. The Balaban J connectivity index is 0. The summed E-state index contributed by atoms with van der Waals surface area (Å²) in [4.78, 5) is 5.45. The van der Waals surface area contributed by atoms with Gasteiger partial charge in [-0.2, -0.15) is 0 Å². The maximum absolute atomic E-state index is 8.44. The molecule has 0 aliphatic rings. The van der Waals surface area contributed by atoms with Crippen molar-refractivity contribution in [1.29, 1.82) is 0 Å². The SMILES string of the molecule is C=CN(C=NC)CCO.CC. The first-order valence-electron chi connectivity index (χ1n) is 3.76. The third-order valence-corrected chi connectivity index (χ3v) is 0.856. The Kier molecular flexibility index (Phi) is 13.9. The number of hydrogen-bond acceptors (Lipinski definition) is 2. The molecule has 0 aromatic heterocycles. The molecular formula is C8H18N2O. The molecule has 0 amide bonds. The van der Waals surface area contributed by atoms with Crippen molar-refractivity contribution in [2.75, 3.05) is 20.2 Å². The summed E-state index contributed by atoms with van der Waals surface area (Å²) in [5.74, 6) is 0. The van der Waals surface area contributed by atoms with Crippen molar-refractivity contribution < 1.29 is 5.11 Å². The molecule has 11 heavy (non-hydrogen) atoms. The number of rotatable bonds is 4. The maximum Gasteiger partial charge on any atom is 0.0886 e. The third kappa shape index (κ3) is 9.17. The standard InChI is InChI=1S/C6H12N2O.C2H6/c1-3-8(4-5-9)6-7-2;1-2/h3,6,9H,1,4-5H2,2H3;1-2H3. The smallest absolute Gasteiger partial charge is 0.0886 e. The molecule has 0 aliphatic heterocycles. The van der Waals surface area contributed by atoms with Gasteiger partial charge in [0.2, 0.25) is 0 Å². The van der Waals surface area contributed by atoms with Gasteiger partial charge in [0.05, 0.1) is 12.9 Å². The van der Waals surface area contributed by atoms with Crippen molar-refractivity contribution in [2.24, 2.45) is 4.99 Å². The Morgan fingerprint density at radius 2 is 2.09 bits per heavy atom. The normalized spacial score (nSPS) is 8.73. The molecule has 0 aromatic carbocycles. The first kappa shape index (κ1) is 12.8. The summed E-state index contributed by atoms with van der Waals surface area (Å²) in [5.41, 5.74) is 0. The van der Waals surface area contributed by atoms with Crippen LogP contribution in [0.4, 0.5) is 0 Å². The summed E-state index contributed by atoms with van der Waals surface area (Å²) in [6.07, 6.45) is 3.23. The van der Waals surface area contributed by atoms with Crippen LogP contribution in [0.5, 0.6) is 0 Å². The molecule has 0 saturated carbocycles. The molecule has 0 heterocycles. The van der Waals surface area contributed by atoms with Gasteiger partial charge in [0.1, 0.15) is 0 Å². The van der Waals surface area contributed by atoms with Gasteiger partial charge in [-0.05, 0) is 6.20 Å². The molecule has 0 fully saturated rings. The van der Waals surface area contributed by atoms with Crippen LogP contribution in [-0.2, 0) is 0 Å². The topological polar surface area (TPSA) is 35.8 Å². The lowest BCUT2D eigenvalue weighted by Crippen LogP contribution is -2.18. The maximum atomic E-state index is 8.44. The zero-order valence-corrected chi connectivity index (χ0v) is 7.62. The van der Waals surface area contributed by atoms with E-state index in [0.717, 1.165) is 0 Å². The molecule has 0 aliphatic carbocycles. The number of aliphatic hydroxyl groups excluding tert-OH is 1. The Hall–Kier alpha value is -0.830. The Morgan fingerprint density at radius 1 is 1.55 bits per heavy atom. The predicted octanol–water partition coefficient (Wildman–Crippen LogP) is 1.11. The van der Waals surface area contributed by atoms with Gasteiger partial charge in [-0.3, -0.25) is 4.99 Å². The summed E-state index contributed by atoms with van der Waals surface area (Å²) in [6, 6.07) is 0. The van der Waals surface area contributed by atoms with E-state index < -0.39 is 0 Å². The Morgan fingerprint density at radius 3 is 2.36 bits per heavy atom. The quantitative estimate of drug-likeness (QED) is 0.491. The highest BCUT2D eigenvalue weighted by Crippen LogP contribution is 1.80. The highest BCUT2D eigenvalue weighted by atomic mass is 16.3. The van der Waals surface area contributed by atoms with Crippen LogP contribution in [0.2, 0.25) is 0 Å². The minimum absolute atomic E-state index is 0.123. The lowest BCUT2D eigenvalue weighted by molar-refractivity contribution is 0.273. The summed E-state index contributed by atoms with van der Waals surface area (Å²) in [7, 11) is 1.67. The van der Waals surface area contributed by atoms with Gasteiger partial charge in [-0.1, -0.05) is 20.4 Å². The zero-order valence-electron chi connectivity index (χ0n) is 7.62. The molecule has 1 N–H and O–H groups in total. The second kappa shape index (κ2) is 11.9. The third-order valence-electron chi connectivity index (χ3n) is 0.856. The van der Waals surface area contributed by atoms with Gasteiger partial charge in [-0.25, -0.2) is 0 Å². The lowest BCUT2D eigenvalue weighted by Gasteiger charge is -2.09. The van der Waals surface area contributed by atoms with Crippen LogP contribution >= 0.6 is 0 Å². The average Bonchev–Trinajstić information content (AvgIpc) is 2.08. The predicted molar refractivity (Wildman–Crippen MR) is 49.8 cm³/mol. The monoisotopic (exact) mass is 158 g/mol. The fourth-order valence-corrected chi connectivity index (χ4v) is 0.460. The van der Waals surface area contributed by atoms with Crippen LogP contribution in [0.25, 0.3) is 0 Å². The number of nitrogens with zero attached hydrogens (tertiary/aromatic N) is 2. The summed E-state index contributed by atoms with van der Waals surface area (Å²) < 4.78 is 0. The molecule has 0 saturated heterocycles. The Labute approximate surface area is 69.1 Å². The van der Waals surface area contributed by atoms with E-state index in [-0.39, 0.29) is 6.61 Å². The van der Waals surface area contributed by atoms with Crippen LogP contribution < -0.4 is 0 Å². The molecule has 0 unspecified atom stereocenters. The second-order valence-corrected chi connectivity index (χ2v) is 1.52. The number of hydrogen-bond donors (Lipinski definition) is 1. The van der Waals surface area contributed by atoms with E-state index in [4.69, 9.17) is 5.11 Å². The van der Waals surface area contributed by atoms with Crippen LogP contribution in [0, 0.1) is 0 Å². The van der Waals surface area contributed by atoms with Crippen LogP contribution in [0.3, 0.4) is 0 Å². The van der Waals surface area contributed by atoms with Crippen molar-refractivity contribution in [1.82, 2.24) is 4.90 Å². The largest absolute Gasteiger partial charge is 0.395 e. The average molecular weight is 158 g/mol. The number of aliphatic hydroxyl groups is 1.